The van der Waals surface area contributed by atoms with Crippen LogP contribution in [0.2, 0.25) is 0 Å². The first-order chi connectivity index (χ1) is 6.70. The van der Waals surface area contributed by atoms with Crippen molar-refractivity contribution in [1.82, 2.24) is 5.32 Å². The third-order valence-electron chi connectivity index (χ3n) is 2.55. The van der Waals surface area contributed by atoms with Crippen molar-refractivity contribution in [2.24, 2.45) is 0 Å². The third-order valence-corrected chi connectivity index (χ3v) is 2.55. The second-order valence-corrected chi connectivity index (χ2v) is 3.67. The minimum absolute atomic E-state index is 0.185. The summed E-state index contributed by atoms with van der Waals surface area (Å²) in [6.07, 6.45) is 6.41. The molecule has 14 heavy (non-hydrogen) atoms. The van der Waals surface area contributed by atoms with Crippen molar-refractivity contribution in [3.05, 3.63) is 35.9 Å². The molecule has 0 fully saturated rings. The highest BCUT2D eigenvalue weighted by molar-refractivity contribution is 5.16. The highest BCUT2D eigenvalue weighted by atomic mass is 14.9. The van der Waals surface area contributed by atoms with E-state index in [0.29, 0.717) is 0 Å². The molecule has 0 radical (unpaired) electrons. The van der Waals surface area contributed by atoms with Gasteiger partial charge in [0, 0.05) is 6.54 Å². The molecule has 1 N–H and O–H groups in total. The fourth-order valence-corrected chi connectivity index (χ4v) is 1.17. The van der Waals surface area contributed by atoms with Crippen molar-refractivity contribution in [2.75, 3.05) is 0 Å². The van der Waals surface area contributed by atoms with Gasteiger partial charge in [0.2, 0.25) is 0 Å². The summed E-state index contributed by atoms with van der Waals surface area (Å²) in [5.74, 6) is 2.79. The van der Waals surface area contributed by atoms with Crippen LogP contribution in [0.15, 0.2) is 30.3 Å². The van der Waals surface area contributed by atoms with Crippen LogP contribution < -0.4 is 5.32 Å². The van der Waals surface area contributed by atoms with Crippen LogP contribution in [0.4, 0.5) is 0 Å². The lowest BCUT2D eigenvalue weighted by molar-refractivity contribution is 0.438. The molecule has 0 heterocycles. The fourth-order valence-electron chi connectivity index (χ4n) is 1.17. The molecule has 0 saturated heterocycles. The molecule has 1 nitrogen and oxygen atoms in total. The third kappa shape index (κ3) is 2.90. The molecule has 1 atom stereocenters. The maximum absolute atomic E-state index is 5.47. The standard InChI is InChI=1S/C13H17N/c1-4-13(3,5-2)14-11-12-9-7-6-8-10-12/h1,6-10,14H,5,11H2,2-3H3. The summed E-state index contributed by atoms with van der Waals surface area (Å²) in [6, 6.07) is 10.3. The van der Waals surface area contributed by atoms with E-state index in [2.05, 4.69) is 37.2 Å². The Labute approximate surface area is 86.5 Å². The van der Waals surface area contributed by atoms with Gasteiger partial charge in [0.05, 0.1) is 5.54 Å². The van der Waals surface area contributed by atoms with Crippen molar-refractivity contribution in [2.45, 2.75) is 32.4 Å². The monoisotopic (exact) mass is 187 g/mol. The van der Waals surface area contributed by atoms with Gasteiger partial charge in [0.1, 0.15) is 0 Å². The van der Waals surface area contributed by atoms with E-state index in [1.807, 2.05) is 18.2 Å². The molecule has 1 heteroatoms. The van der Waals surface area contributed by atoms with Crippen molar-refractivity contribution in [1.29, 1.82) is 0 Å². The Bertz CT molecular complexity index is 310. The van der Waals surface area contributed by atoms with Crippen LogP contribution in [0.3, 0.4) is 0 Å². The molecule has 0 aliphatic carbocycles. The van der Waals surface area contributed by atoms with Gasteiger partial charge < -0.3 is 0 Å². The molecule has 1 unspecified atom stereocenters. The summed E-state index contributed by atoms with van der Waals surface area (Å²) in [5, 5.41) is 3.38. The van der Waals surface area contributed by atoms with E-state index in [9.17, 15) is 0 Å². The zero-order chi connectivity index (χ0) is 10.4. The normalized spacial score (nSPS) is 14.4. The van der Waals surface area contributed by atoms with Crippen LogP contribution in [0.5, 0.6) is 0 Å². The summed E-state index contributed by atoms with van der Waals surface area (Å²) in [5.41, 5.74) is 1.08. The number of hydrogen-bond acceptors (Lipinski definition) is 1. The topological polar surface area (TPSA) is 12.0 Å². The van der Waals surface area contributed by atoms with Gasteiger partial charge in [0.25, 0.3) is 0 Å². The minimum atomic E-state index is -0.185. The molecule has 0 saturated carbocycles. The van der Waals surface area contributed by atoms with Gasteiger partial charge in [0.15, 0.2) is 0 Å². The van der Waals surface area contributed by atoms with E-state index < -0.39 is 0 Å². The molecule has 0 amide bonds. The number of terminal acetylenes is 1. The Morgan fingerprint density at radius 1 is 1.36 bits per heavy atom. The zero-order valence-electron chi connectivity index (χ0n) is 8.88. The van der Waals surface area contributed by atoms with Gasteiger partial charge >= 0.3 is 0 Å². The minimum Gasteiger partial charge on any atom is -0.297 e. The smallest absolute Gasteiger partial charge is 0.0769 e. The first-order valence-electron chi connectivity index (χ1n) is 4.97. The lowest BCUT2D eigenvalue weighted by Gasteiger charge is -2.23. The number of nitrogens with one attached hydrogen (secondary N) is 1. The lowest BCUT2D eigenvalue weighted by atomic mass is 10.00. The SMILES string of the molecule is C#CC(C)(CC)NCc1ccccc1. The molecular formula is C13H17N. The van der Waals surface area contributed by atoms with Gasteiger partial charge in [-0.05, 0) is 18.9 Å². The molecule has 0 aliphatic heterocycles. The van der Waals surface area contributed by atoms with Crippen molar-refractivity contribution >= 4 is 0 Å². The van der Waals surface area contributed by atoms with E-state index in [0.717, 1.165) is 13.0 Å². The van der Waals surface area contributed by atoms with E-state index in [-0.39, 0.29) is 5.54 Å². The molecule has 0 spiro atoms. The molecule has 0 aromatic heterocycles. The van der Waals surface area contributed by atoms with Crippen LogP contribution in [0, 0.1) is 12.3 Å². The van der Waals surface area contributed by atoms with Gasteiger partial charge in [-0.15, -0.1) is 6.42 Å². The second-order valence-electron chi connectivity index (χ2n) is 3.67. The van der Waals surface area contributed by atoms with Gasteiger partial charge in [-0.2, -0.15) is 0 Å². The van der Waals surface area contributed by atoms with Gasteiger partial charge in [-0.25, -0.2) is 0 Å². The Morgan fingerprint density at radius 2 is 2.00 bits per heavy atom. The van der Waals surface area contributed by atoms with Crippen LogP contribution in [0.25, 0.3) is 0 Å². The maximum Gasteiger partial charge on any atom is 0.0769 e. The number of benzene rings is 1. The fraction of sp³-hybridized carbons (Fsp3) is 0.385. The highest BCUT2D eigenvalue weighted by Gasteiger charge is 2.16. The Hall–Kier alpha value is -1.26. The van der Waals surface area contributed by atoms with E-state index >= 15 is 0 Å². The Balaban J connectivity index is 2.53. The quantitative estimate of drug-likeness (QED) is 0.714. The van der Waals surface area contributed by atoms with E-state index in [4.69, 9.17) is 6.42 Å². The molecule has 1 aromatic rings. The predicted octanol–water partition coefficient (Wildman–Crippen LogP) is 2.58. The van der Waals surface area contributed by atoms with Crippen LogP contribution in [0.1, 0.15) is 25.8 Å². The van der Waals surface area contributed by atoms with Gasteiger partial charge in [-0.3, -0.25) is 5.32 Å². The molecule has 0 bridgehead atoms. The highest BCUT2D eigenvalue weighted by Crippen LogP contribution is 2.08. The van der Waals surface area contributed by atoms with Gasteiger partial charge in [-0.1, -0.05) is 43.2 Å². The zero-order valence-corrected chi connectivity index (χ0v) is 8.88. The number of rotatable bonds is 4. The first-order valence-corrected chi connectivity index (χ1v) is 4.97. The van der Waals surface area contributed by atoms with Crippen molar-refractivity contribution in [3.8, 4) is 12.3 Å². The lowest BCUT2D eigenvalue weighted by Crippen LogP contribution is -2.39. The Kier molecular flexibility index (Phi) is 3.73. The molecule has 1 rings (SSSR count). The van der Waals surface area contributed by atoms with Crippen molar-refractivity contribution in [3.63, 3.8) is 0 Å². The van der Waals surface area contributed by atoms with Crippen LogP contribution in [-0.2, 0) is 6.54 Å². The van der Waals surface area contributed by atoms with Crippen molar-refractivity contribution < 1.29 is 0 Å². The summed E-state index contributed by atoms with van der Waals surface area (Å²) >= 11 is 0. The maximum atomic E-state index is 5.47. The molecule has 0 aliphatic rings. The van der Waals surface area contributed by atoms with Crippen LogP contribution >= 0.6 is 0 Å². The van der Waals surface area contributed by atoms with Crippen LogP contribution in [-0.4, -0.2) is 5.54 Å². The Morgan fingerprint density at radius 3 is 2.50 bits per heavy atom. The summed E-state index contributed by atoms with van der Waals surface area (Å²) in [6.45, 7) is 4.98. The summed E-state index contributed by atoms with van der Waals surface area (Å²) in [7, 11) is 0. The summed E-state index contributed by atoms with van der Waals surface area (Å²) < 4.78 is 0. The summed E-state index contributed by atoms with van der Waals surface area (Å²) in [4.78, 5) is 0. The molecule has 74 valence electrons. The largest absolute Gasteiger partial charge is 0.297 e. The second kappa shape index (κ2) is 4.83. The van der Waals surface area contributed by atoms with E-state index in [1.54, 1.807) is 0 Å². The molecular weight excluding hydrogens is 170 g/mol. The van der Waals surface area contributed by atoms with E-state index in [1.165, 1.54) is 5.56 Å². The molecule has 1 aromatic carbocycles. The first kappa shape index (κ1) is 10.8. The predicted molar refractivity (Wildman–Crippen MR) is 60.8 cm³/mol. The number of hydrogen-bond donors (Lipinski definition) is 1. The average Bonchev–Trinajstić information content (AvgIpc) is 2.27. The average molecular weight is 187 g/mol.